The van der Waals surface area contributed by atoms with Gasteiger partial charge >= 0.3 is 11.9 Å². The molecule has 0 spiro atoms. The number of cyclic esters (lactones) is 2. The highest BCUT2D eigenvalue weighted by molar-refractivity contribution is 7.12. The molecule has 3 nitrogen and oxygen atoms in total. The summed E-state index contributed by atoms with van der Waals surface area (Å²) in [5.41, 5.74) is 5.17. The predicted octanol–water partition coefficient (Wildman–Crippen LogP) is 5.67. The van der Waals surface area contributed by atoms with Crippen molar-refractivity contribution in [2.75, 3.05) is 0 Å². The molecular weight excluding hydrogens is 376 g/mol. The Morgan fingerprint density at radius 2 is 1.04 bits per heavy atom. The maximum atomic E-state index is 12.8. The van der Waals surface area contributed by atoms with Crippen LogP contribution in [0.25, 0.3) is 11.1 Å². The molecule has 2 aromatic rings. The van der Waals surface area contributed by atoms with E-state index in [0.29, 0.717) is 11.1 Å². The van der Waals surface area contributed by atoms with E-state index >= 15 is 0 Å². The molecule has 3 rings (SSSR count). The fraction of sp³-hybridized carbons (Fsp3) is 0.455. The fourth-order valence-corrected chi connectivity index (χ4v) is 6.54. The van der Waals surface area contributed by atoms with Crippen LogP contribution in [0.2, 0.25) is 0 Å². The first-order chi connectivity index (χ1) is 12.9. The van der Waals surface area contributed by atoms with Crippen molar-refractivity contribution in [3.05, 3.63) is 41.8 Å². The Bertz CT molecular complexity index is 881. The van der Waals surface area contributed by atoms with Crippen LogP contribution in [0.5, 0.6) is 0 Å². The number of esters is 2. The minimum absolute atomic E-state index is 0.476. The molecule has 27 heavy (non-hydrogen) atoms. The average molecular weight is 403 g/mol. The van der Waals surface area contributed by atoms with E-state index in [9.17, 15) is 9.59 Å². The van der Waals surface area contributed by atoms with Crippen LogP contribution in [0, 0.1) is 13.8 Å². The van der Waals surface area contributed by atoms with E-state index in [4.69, 9.17) is 4.74 Å². The van der Waals surface area contributed by atoms with Gasteiger partial charge in [-0.3, -0.25) is 0 Å². The summed E-state index contributed by atoms with van der Waals surface area (Å²) >= 11 is 3.45. The van der Waals surface area contributed by atoms with Crippen molar-refractivity contribution in [1.82, 2.24) is 0 Å². The molecular formula is C22H26O3S2. The van der Waals surface area contributed by atoms with Gasteiger partial charge in [-0.1, -0.05) is 27.7 Å². The van der Waals surface area contributed by atoms with Crippen molar-refractivity contribution in [2.24, 2.45) is 0 Å². The van der Waals surface area contributed by atoms with Gasteiger partial charge in [-0.05, 0) is 50.7 Å². The lowest BCUT2D eigenvalue weighted by atomic mass is 9.89. The number of hydrogen-bond acceptors (Lipinski definition) is 5. The molecule has 2 aromatic heterocycles. The van der Waals surface area contributed by atoms with Crippen molar-refractivity contribution >= 4 is 45.8 Å². The van der Waals surface area contributed by atoms with Crippen molar-refractivity contribution in [3.63, 3.8) is 0 Å². The van der Waals surface area contributed by atoms with Crippen molar-refractivity contribution in [1.29, 1.82) is 0 Å². The van der Waals surface area contributed by atoms with Crippen LogP contribution in [0.3, 0.4) is 0 Å². The van der Waals surface area contributed by atoms with Gasteiger partial charge in [-0.25, -0.2) is 9.59 Å². The third-order valence-electron chi connectivity index (χ3n) is 5.23. The van der Waals surface area contributed by atoms with Gasteiger partial charge in [0, 0.05) is 30.6 Å². The summed E-state index contributed by atoms with van der Waals surface area (Å²) in [7, 11) is 0. The smallest absolute Gasteiger partial charge is 0.347 e. The Hall–Kier alpha value is -1.72. The lowest BCUT2D eigenvalue weighted by Crippen LogP contribution is -2.03. The lowest BCUT2D eigenvalue weighted by Gasteiger charge is -2.09. The molecule has 1 aliphatic rings. The molecule has 0 N–H and O–H groups in total. The Balaban J connectivity index is 2.39. The van der Waals surface area contributed by atoms with Crippen LogP contribution in [0.4, 0.5) is 0 Å². The Labute approximate surface area is 169 Å². The lowest BCUT2D eigenvalue weighted by molar-refractivity contribution is -0.149. The monoisotopic (exact) mass is 402 g/mol. The first kappa shape index (κ1) is 20.0. The molecule has 144 valence electrons. The molecule has 0 fully saturated rings. The van der Waals surface area contributed by atoms with Crippen molar-refractivity contribution in [2.45, 2.75) is 67.2 Å². The van der Waals surface area contributed by atoms with Crippen LogP contribution in [0.1, 0.15) is 69.5 Å². The maximum absolute atomic E-state index is 12.8. The second-order valence-corrected chi connectivity index (χ2v) is 9.33. The number of ether oxygens (including phenoxy) is 1. The summed E-state index contributed by atoms with van der Waals surface area (Å²) < 4.78 is 5.15. The third kappa shape index (κ3) is 3.11. The Morgan fingerprint density at radius 1 is 0.667 bits per heavy atom. The van der Waals surface area contributed by atoms with Gasteiger partial charge < -0.3 is 4.74 Å². The van der Waals surface area contributed by atoms with E-state index in [1.165, 1.54) is 20.9 Å². The minimum Gasteiger partial charge on any atom is -0.386 e. The fourth-order valence-electron chi connectivity index (χ4n) is 4.12. The van der Waals surface area contributed by atoms with Gasteiger partial charge in [0.05, 0.1) is 11.1 Å². The van der Waals surface area contributed by atoms with Crippen LogP contribution in [-0.4, -0.2) is 11.9 Å². The van der Waals surface area contributed by atoms with E-state index in [1.54, 1.807) is 22.7 Å². The number of hydrogen-bond donors (Lipinski definition) is 0. The summed E-state index contributed by atoms with van der Waals surface area (Å²) in [5, 5.41) is 0. The van der Waals surface area contributed by atoms with Gasteiger partial charge in [-0.2, -0.15) is 0 Å². The summed E-state index contributed by atoms with van der Waals surface area (Å²) in [6, 6.07) is 0. The van der Waals surface area contributed by atoms with Gasteiger partial charge in [0.15, 0.2) is 0 Å². The van der Waals surface area contributed by atoms with E-state index in [0.717, 1.165) is 46.6 Å². The summed E-state index contributed by atoms with van der Waals surface area (Å²) in [4.78, 5) is 30.3. The molecule has 0 atom stereocenters. The molecule has 0 aliphatic carbocycles. The van der Waals surface area contributed by atoms with Crippen LogP contribution in [-0.2, 0) is 40.0 Å². The second kappa shape index (κ2) is 7.72. The SMILES string of the molecule is CCc1sc(C)c(C2=C(c3c(C)sc(CC)c3CC)C(=O)OC2=O)c1CC. The summed E-state index contributed by atoms with van der Waals surface area (Å²) in [6.07, 6.45) is 3.53. The molecule has 0 unspecified atom stereocenters. The molecule has 5 heteroatoms. The van der Waals surface area contributed by atoms with E-state index in [2.05, 4.69) is 27.7 Å². The zero-order valence-corrected chi connectivity index (χ0v) is 18.5. The normalized spacial score (nSPS) is 14.4. The second-order valence-electron chi connectivity index (χ2n) is 6.71. The molecule has 0 radical (unpaired) electrons. The van der Waals surface area contributed by atoms with Gasteiger partial charge in [0.2, 0.25) is 0 Å². The topological polar surface area (TPSA) is 43.4 Å². The molecule has 0 saturated carbocycles. The first-order valence-corrected chi connectivity index (χ1v) is 11.3. The van der Waals surface area contributed by atoms with Crippen molar-refractivity contribution in [3.8, 4) is 0 Å². The Kier molecular flexibility index (Phi) is 5.73. The van der Waals surface area contributed by atoms with E-state index in [-0.39, 0.29) is 0 Å². The number of carbonyl (C=O) groups is 2. The summed E-state index contributed by atoms with van der Waals surface area (Å²) in [5.74, 6) is -1.00. The van der Waals surface area contributed by atoms with Crippen LogP contribution in [0.15, 0.2) is 0 Å². The number of rotatable bonds is 6. The zero-order valence-electron chi connectivity index (χ0n) is 16.9. The largest absolute Gasteiger partial charge is 0.386 e. The number of carbonyl (C=O) groups excluding carboxylic acids is 2. The molecule has 0 amide bonds. The number of thiophene rings is 2. The molecule has 3 heterocycles. The summed E-state index contributed by atoms with van der Waals surface area (Å²) in [6.45, 7) is 12.6. The third-order valence-corrected chi connectivity index (χ3v) is 7.81. The Morgan fingerprint density at radius 3 is 1.33 bits per heavy atom. The van der Waals surface area contributed by atoms with Gasteiger partial charge in [-0.15, -0.1) is 22.7 Å². The van der Waals surface area contributed by atoms with Gasteiger partial charge in [0.1, 0.15) is 0 Å². The highest BCUT2D eigenvalue weighted by Crippen LogP contribution is 2.45. The zero-order chi connectivity index (χ0) is 19.9. The van der Waals surface area contributed by atoms with Crippen LogP contribution >= 0.6 is 22.7 Å². The highest BCUT2D eigenvalue weighted by atomic mass is 32.1. The van der Waals surface area contributed by atoms with Crippen molar-refractivity contribution < 1.29 is 14.3 Å². The quantitative estimate of drug-likeness (QED) is 0.462. The molecule has 0 aromatic carbocycles. The molecule has 0 saturated heterocycles. The number of aryl methyl sites for hydroxylation is 4. The van der Waals surface area contributed by atoms with Gasteiger partial charge in [0.25, 0.3) is 0 Å². The maximum Gasteiger partial charge on any atom is 0.347 e. The van der Waals surface area contributed by atoms with E-state index < -0.39 is 11.9 Å². The average Bonchev–Trinajstić information content (AvgIpc) is 3.23. The minimum atomic E-state index is -0.501. The highest BCUT2D eigenvalue weighted by Gasteiger charge is 2.39. The molecule has 0 bridgehead atoms. The standard InChI is InChI=1S/C22H26O3S2/c1-7-13-15(9-3)26-11(5)17(13)19-20(22(24)25-21(19)23)18-12(6)27-16(10-4)14(18)8-2/h7-10H2,1-6H3. The molecule has 1 aliphatic heterocycles. The first-order valence-electron chi connectivity index (χ1n) is 9.63. The van der Waals surface area contributed by atoms with Crippen LogP contribution < -0.4 is 0 Å². The predicted molar refractivity (Wildman–Crippen MR) is 114 cm³/mol. The van der Waals surface area contributed by atoms with E-state index in [1.807, 2.05) is 13.8 Å².